The Balaban J connectivity index is 1.78. The van der Waals surface area contributed by atoms with Crippen LogP contribution in [0.25, 0.3) is 0 Å². The normalized spacial score (nSPS) is 17.3. The zero-order valence-electron chi connectivity index (χ0n) is 11.5. The molecule has 0 aliphatic carbocycles. The van der Waals surface area contributed by atoms with Gasteiger partial charge in [0.05, 0.1) is 17.5 Å². The quantitative estimate of drug-likeness (QED) is 0.755. The Morgan fingerprint density at radius 1 is 1.14 bits per heavy atom. The zero-order chi connectivity index (χ0) is 14.7. The highest BCUT2D eigenvalue weighted by Crippen LogP contribution is 2.32. The van der Waals surface area contributed by atoms with Gasteiger partial charge in [0.2, 0.25) is 0 Å². The maximum absolute atomic E-state index is 6.20. The summed E-state index contributed by atoms with van der Waals surface area (Å²) < 4.78 is 11.8. The fourth-order valence-electron chi connectivity index (χ4n) is 2.59. The second kappa shape index (κ2) is 6.69. The van der Waals surface area contributed by atoms with Gasteiger partial charge in [-0.1, -0.05) is 48.0 Å². The van der Waals surface area contributed by atoms with Gasteiger partial charge in [-0.15, -0.1) is 11.6 Å². The van der Waals surface area contributed by atoms with Crippen molar-refractivity contribution in [2.45, 2.75) is 18.4 Å². The maximum atomic E-state index is 6.20. The maximum Gasteiger partial charge on any atom is 0.142 e. The Morgan fingerprint density at radius 2 is 2.00 bits per heavy atom. The monoisotopic (exact) mass is 322 g/mol. The van der Waals surface area contributed by atoms with E-state index in [1.165, 1.54) is 11.1 Å². The van der Waals surface area contributed by atoms with E-state index in [2.05, 4.69) is 18.2 Å². The number of ether oxygens (including phenoxy) is 2. The summed E-state index contributed by atoms with van der Waals surface area (Å²) in [6, 6.07) is 13.9. The summed E-state index contributed by atoms with van der Waals surface area (Å²) in [7, 11) is 0. The lowest BCUT2D eigenvalue weighted by Gasteiger charge is -2.26. The molecule has 1 aliphatic heterocycles. The number of fused-ring (bicyclic) bond motifs is 1. The lowest BCUT2D eigenvalue weighted by Crippen LogP contribution is -2.21. The molecule has 0 radical (unpaired) electrons. The molecule has 0 spiro atoms. The van der Waals surface area contributed by atoms with E-state index in [9.17, 15) is 0 Å². The topological polar surface area (TPSA) is 18.5 Å². The SMILES string of the molecule is ClCc1cccc(Cl)c1OCC1OCCc2ccccc21. The van der Waals surface area contributed by atoms with Gasteiger partial charge in [-0.2, -0.15) is 0 Å². The summed E-state index contributed by atoms with van der Waals surface area (Å²) in [6.45, 7) is 1.15. The summed E-state index contributed by atoms with van der Waals surface area (Å²) in [5.41, 5.74) is 3.42. The molecule has 21 heavy (non-hydrogen) atoms. The first kappa shape index (κ1) is 14.7. The molecule has 1 heterocycles. The van der Waals surface area contributed by atoms with Crippen LogP contribution >= 0.6 is 23.2 Å². The Bertz CT molecular complexity index is 628. The summed E-state index contributed by atoms with van der Waals surface area (Å²) >= 11 is 12.1. The molecule has 0 amide bonds. The number of alkyl halides is 1. The molecule has 2 aromatic carbocycles. The van der Waals surface area contributed by atoms with Crippen LogP contribution in [0.1, 0.15) is 22.8 Å². The zero-order valence-corrected chi connectivity index (χ0v) is 13.0. The molecule has 0 fully saturated rings. The first-order chi connectivity index (χ1) is 10.3. The van der Waals surface area contributed by atoms with Gasteiger partial charge in [-0.25, -0.2) is 0 Å². The fraction of sp³-hybridized carbons (Fsp3) is 0.294. The Morgan fingerprint density at radius 3 is 2.86 bits per heavy atom. The first-order valence-corrected chi connectivity index (χ1v) is 7.86. The summed E-state index contributed by atoms with van der Waals surface area (Å²) in [5.74, 6) is 1.03. The molecule has 4 heteroatoms. The van der Waals surface area contributed by atoms with Crippen molar-refractivity contribution in [1.82, 2.24) is 0 Å². The fourth-order valence-corrected chi connectivity index (χ4v) is 3.05. The highest BCUT2D eigenvalue weighted by molar-refractivity contribution is 6.32. The lowest BCUT2D eigenvalue weighted by atomic mass is 9.98. The number of hydrogen-bond donors (Lipinski definition) is 0. The van der Waals surface area contributed by atoms with E-state index < -0.39 is 0 Å². The third-order valence-electron chi connectivity index (χ3n) is 3.66. The Kier molecular flexibility index (Phi) is 4.69. The van der Waals surface area contributed by atoms with E-state index in [1.807, 2.05) is 24.3 Å². The molecule has 1 atom stereocenters. The van der Waals surface area contributed by atoms with Gasteiger partial charge in [0.25, 0.3) is 0 Å². The third kappa shape index (κ3) is 3.18. The van der Waals surface area contributed by atoms with Gasteiger partial charge in [-0.05, 0) is 23.6 Å². The second-order valence-electron chi connectivity index (χ2n) is 4.98. The van der Waals surface area contributed by atoms with Gasteiger partial charge < -0.3 is 9.47 Å². The molecule has 0 aromatic heterocycles. The standard InChI is InChI=1S/C17H16Cl2O2/c18-10-13-5-3-7-15(19)17(13)21-11-16-14-6-2-1-4-12(14)8-9-20-16/h1-7,16H,8-11H2. The average molecular weight is 323 g/mol. The van der Waals surface area contributed by atoms with Crippen molar-refractivity contribution in [1.29, 1.82) is 0 Å². The van der Waals surface area contributed by atoms with Crippen LogP contribution in [0, 0.1) is 0 Å². The number of rotatable bonds is 4. The van der Waals surface area contributed by atoms with Crippen molar-refractivity contribution in [2.24, 2.45) is 0 Å². The molecule has 1 aliphatic rings. The van der Waals surface area contributed by atoms with Crippen molar-refractivity contribution in [3.63, 3.8) is 0 Å². The summed E-state index contributed by atoms with van der Waals surface area (Å²) in [6.07, 6.45) is 0.889. The van der Waals surface area contributed by atoms with Gasteiger partial charge in [0.1, 0.15) is 18.5 Å². The molecule has 1 unspecified atom stereocenters. The van der Waals surface area contributed by atoms with Crippen molar-refractivity contribution in [2.75, 3.05) is 13.2 Å². The number of benzene rings is 2. The van der Waals surface area contributed by atoms with Crippen molar-refractivity contribution in [3.05, 3.63) is 64.2 Å². The van der Waals surface area contributed by atoms with Gasteiger partial charge in [-0.3, -0.25) is 0 Å². The van der Waals surface area contributed by atoms with Crippen LogP contribution in [0.2, 0.25) is 5.02 Å². The van der Waals surface area contributed by atoms with Crippen molar-refractivity contribution >= 4 is 23.2 Å². The summed E-state index contributed by atoms with van der Waals surface area (Å²) in [5, 5.41) is 0.581. The second-order valence-corrected chi connectivity index (χ2v) is 5.66. The van der Waals surface area contributed by atoms with E-state index in [4.69, 9.17) is 32.7 Å². The van der Waals surface area contributed by atoms with Gasteiger partial charge in [0, 0.05) is 5.56 Å². The smallest absolute Gasteiger partial charge is 0.142 e. The van der Waals surface area contributed by atoms with Crippen LogP contribution in [0.4, 0.5) is 0 Å². The molecule has 0 bridgehead atoms. The highest BCUT2D eigenvalue weighted by atomic mass is 35.5. The van der Waals surface area contributed by atoms with Gasteiger partial charge >= 0.3 is 0 Å². The minimum absolute atomic E-state index is 0.0607. The van der Waals surface area contributed by atoms with E-state index in [0.717, 1.165) is 18.6 Å². The van der Waals surface area contributed by atoms with E-state index >= 15 is 0 Å². The van der Waals surface area contributed by atoms with Crippen LogP contribution in [0.3, 0.4) is 0 Å². The average Bonchev–Trinajstić information content (AvgIpc) is 2.53. The predicted molar refractivity (Wildman–Crippen MR) is 85.3 cm³/mol. The van der Waals surface area contributed by atoms with E-state index in [0.29, 0.717) is 23.3 Å². The Labute approximate surface area is 134 Å². The van der Waals surface area contributed by atoms with Crippen LogP contribution < -0.4 is 4.74 Å². The third-order valence-corrected chi connectivity index (χ3v) is 4.25. The molecule has 2 aromatic rings. The molecule has 2 nitrogen and oxygen atoms in total. The van der Waals surface area contributed by atoms with Crippen LogP contribution in [-0.2, 0) is 17.0 Å². The van der Waals surface area contributed by atoms with Crippen LogP contribution in [0.5, 0.6) is 5.75 Å². The highest BCUT2D eigenvalue weighted by Gasteiger charge is 2.21. The number of halogens is 2. The van der Waals surface area contributed by atoms with Crippen molar-refractivity contribution < 1.29 is 9.47 Å². The van der Waals surface area contributed by atoms with Crippen LogP contribution in [-0.4, -0.2) is 13.2 Å². The van der Waals surface area contributed by atoms with E-state index in [-0.39, 0.29) is 6.10 Å². The van der Waals surface area contributed by atoms with E-state index in [1.54, 1.807) is 0 Å². The number of hydrogen-bond acceptors (Lipinski definition) is 2. The Hall–Kier alpha value is -1.22. The van der Waals surface area contributed by atoms with Crippen LogP contribution in [0.15, 0.2) is 42.5 Å². The largest absolute Gasteiger partial charge is 0.489 e. The molecule has 0 N–H and O–H groups in total. The molecule has 0 saturated heterocycles. The minimum atomic E-state index is -0.0607. The first-order valence-electron chi connectivity index (χ1n) is 6.95. The molecule has 0 saturated carbocycles. The predicted octanol–water partition coefficient (Wildman–Crippen LogP) is 4.77. The molecular weight excluding hydrogens is 307 g/mol. The minimum Gasteiger partial charge on any atom is -0.489 e. The van der Waals surface area contributed by atoms with Gasteiger partial charge in [0.15, 0.2) is 0 Å². The molecule has 3 rings (SSSR count). The number of para-hydroxylation sites is 1. The van der Waals surface area contributed by atoms with Crippen molar-refractivity contribution in [3.8, 4) is 5.75 Å². The summed E-state index contributed by atoms with van der Waals surface area (Å²) in [4.78, 5) is 0. The molecular formula is C17H16Cl2O2. The molecule has 110 valence electrons. The lowest BCUT2D eigenvalue weighted by molar-refractivity contribution is 0.0101.